The molecule has 0 bridgehead atoms. The molecule has 1 aromatic carbocycles. The molecule has 0 aliphatic carbocycles. The van der Waals surface area contributed by atoms with Gasteiger partial charge in [-0.15, -0.1) is 0 Å². The molecule has 1 aromatic rings. The summed E-state index contributed by atoms with van der Waals surface area (Å²) in [5.41, 5.74) is 2.81. The minimum Gasteiger partial charge on any atom is -0.496 e. The molecule has 2 atom stereocenters. The molecule has 2 nitrogen and oxygen atoms in total. The molecule has 0 fully saturated rings. The van der Waals surface area contributed by atoms with E-state index in [-0.39, 0.29) is 0 Å². The van der Waals surface area contributed by atoms with Gasteiger partial charge in [0.2, 0.25) is 0 Å². The molecule has 15 heavy (non-hydrogen) atoms. The van der Waals surface area contributed by atoms with Crippen molar-refractivity contribution in [2.24, 2.45) is 0 Å². The fourth-order valence-corrected chi connectivity index (χ4v) is 2.46. The number of hydrogen-bond acceptors (Lipinski definition) is 2. The van der Waals surface area contributed by atoms with Crippen molar-refractivity contribution in [1.82, 2.24) is 5.32 Å². The van der Waals surface area contributed by atoms with Crippen molar-refractivity contribution < 1.29 is 4.74 Å². The summed E-state index contributed by atoms with van der Waals surface area (Å²) in [6, 6.07) is 7.43. The van der Waals surface area contributed by atoms with E-state index in [9.17, 15) is 0 Å². The third-order valence-corrected chi connectivity index (χ3v) is 3.06. The van der Waals surface area contributed by atoms with Gasteiger partial charge in [-0.2, -0.15) is 0 Å². The van der Waals surface area contributed by atoms with E-state index in [0.717, 1.165) is 18.6 Å². The summed E-state index contributed by atoms with van der Waals surface area (Å²) >= 11 is 0. The molecular formula is C13H19NO. The second-order valence-electron chi connectivity index (χ2n) is 4.47. The average Bonchev–Trinajstić information content (AvgIpc) is 2.33. The van der Waals surface area contributed by atoms with Gasteiger partial charge in [0.15, 0.2) is 0 Å². The highest BCUT2D eigenvalue weighted by molar-refractivity contribution is 5.42. The van der Waals surface area contributed by atoms with Gasteiger partial charge in [-0.05, 0) is 43.9 Å². The molecule has 1 N–H and O–H groups in total. The van der Waals surface area contributed by atoms with Gasteiger partial charge in [-0.1, -0.05) is 12.1 Å². The van der Waals surface area contributed by atoms with Gasteiger partial charge < -0.3 is 10.1 Å². The maximum atomic E-state index is 5.42. The third kappa shape index (κ3) is 2.15. The predicted octanol–water partition coefficient (Wildman–Crippen LogP) is 2.16. The highest BCUT2D eigenvalue weighted by atomic mass is 16.5. The van der Waals surface area contributed by atoms with Gasteiger partial charge in [0.05, 0.1) is 7.11 Å². The van der Waals surface area contributed by atoms with Crippen molar-refractivity contribution in [3.05, 3.63) is 29.3 Å². The van der Waals surface area contributed by atoms with Crippen LogP contribution in [-0.2, 0) is 12.8 Å². The van der Waals surface area contributed by atoms with Crippen LogP contribution in [0.15, 0.2) is 18.2 Å². The molecule has 2 unspecified atom stereocenters. The molecule has 0 radical (unpaired) electrons. The van der Waals surface area contributed by atoms with Crippen LogP contribution in [0, 0.1) is 0 Å². The Kier molecular flexibility index (Phi) is 2.96. The molecule has 0 spiro atoms. The largest absolute Gasteiger partial charge is 0.496 e. The van der Waals surface area contributed by atoms with Gasteiger partial charge >= 0.3 is 0 Å². The standard InChI is InChI=1S/C13H19NO/c1-9-7-11-5-4-6-13(15-3)12(11)8-10(2)14-9/h4-6,9-10,14H,7-8H2,1-3H3. The number of ether oxygens (including phenoxy) is 1. The Bertz CT molecular complexity index is 348. The summed E-state index contributed by atoms with van der Waals surface area (Å²) in [4.78, 5) is 0. The minimum atomic E-state index is 0.526. The first-order valence-electron chi connectivity index (χ1n) is 5.61. The van der Waals surface area contributed by atoms with Crippen LogP contribution >= 0.6 is 0 Å². The van der Waals surface area contributed by atoms with E-state index in [1.807, 2.05) is 0 Å². The normalized spacial score (nSPS) is 25.5. The smallest absolute Gasteiger partial charge is 0.122 e. The van der Waals surface area contributed by atoms with Crippen molar-refractivity contribution in [2.45, 2.75) is 38.8 Å². The first-order chi connectivity index (χ1) is 7.20. The van der Waals surface area contributed by atoms with Crippen LogP contribution in [0.4, 0.5) is 0 Å². The van der Waals surface area contributed by atoms with E-state index in [1.54, 1.807) is 7.11 Å². The lowest BCUT2D eigenvalue weighted by atomic mass is 9.99. The lowest BCUT2D eigenvalue weighted by molar-refractivity contribution is 0.406. The van der Waals surface area contributed by atoms with Gasteiger partial charge in [-0.25, -0.2) is 0 Å². The van der Waals surface area contributed by atoms with E-state index >= 15 is 0 Å². The first-order valence-corrected chi connectivity index (χ1v) is 5.61. The summed E-state index contributed by atoms with van der Waals surface area (Å²) < 4.78 is 5.42. The fraction of sp³-hybridized carbons (Fsp3) is 0.538. The van der Waals surface area contributed by atoms with E-state index in [4.69, 9.17) is 4.74 Å². The Labute approximate surface area is 91.6 Å². The summed E-state index contributed by atoms with van der Waals surface area (Å²) in [5.74, 6) is 1.04. The Balaban J connectivity index is 2.41. The molecule has 2 heteroatoms. The number of fused-ring (bicyclic) bond motifs is 1. The quantitative estimate of drug-likeness (QED) is 0.758. The van der Waals surface area contributed by atoms with Crippen LogP contribution in [-0.4, -0.2) is 19.2 Å². The number of benzene rings is 1. The van der Waals surface area contributed by atoms with Crippen LogP contribution in [0.3, 0.4) is 0 Å². The summed E-state index contributed by atoms with van der Waals surface area (Å²) in [7, 11) is 1.75. The topological polar surface area (TPSA) is 21.3 Å². The SMILES string of the molecule is COc1cccc2c1CC(C)NC(C)C2. The van der Waals surface area contributed by atoms with Crippen LogP contribution in [0.25, 0.3) is 0 Å². The van der Waals surface area contributed by atoms with Crippen LogP contribution < -0.4 is 10.1 Å². The van der Waals surface area contributed by atoms with Gasteiger partial charge in [0.25, 0.3) is 0 Å². The van der Waals surface area contributed by atoms with Crippen molar-refractivity contribution >= 4 is 0 Å². The van der Waals surface area contributed by atoms with Gasteiger partial charge in [-0.3, -0.25) is 0 Å². The van der Waals surface area contributed by atoms with E-state index in [1.165, 1.54) is 11.1 Å². The first kappa shape index (κ1) is 10.5. The van der Waals surface area contributed by atoms with E-state index in [2.05, 4.69) is 37.4 Å². The van der Waals surface area contributed by atoms with Crippen molar-refractivity contribution in [1.29, 1.82) is 0 Å². The molecule has 1 heterocycles. The molecule has 2 rings (SSSR count). The van der Waals surface area contributed by atoms with Crippen LogP contribution in [0.5, 0.6) is 5.75 Å². The Hall–Kier alpha value is -1.02. The molecule has 0 amide bonds. The highest BCUT2D eigenvalue weighted by Gasteiger charge is 2.19. The summed E-state index contributed by atoms with van der Waals surface area (Å²) in [6.45, 7) is 4.48. The number of nitrogens with one attached hydrogen (secondary N) is 1. The number of methoxy groups -OCH3 is 1. The molecule has 82 valence electrons. The minimum absolute atomic E-state index is 0.526. The number of hydrogen-bond donors (Lipinski definition) is 1. The zero-order chi connectivity index (χ0) is 10.8. The van der Waals surface area contributed by atoms with Gasteiger partial charge in [0, 0.05) is 12.1 Å². The lowest BCUT2D eigenvalue weighted by Crippen LogP contribution is -2.34. The van der Waals surface area contributed by atoms with E-state index in [0.29, 0.717) is 12.1 Å². The summed E-state index contributed by atoms with van der Waals surface area (Å²) in [5, 5.41) is 3.58. The number of rotatable bonds is 1. The molecule has 0 saturated carbocycles. The molecule has 0 saturated heterocycles. The Morgan fingerprint density at radius 2 is 1.93 bits per heavy atom. The Morgan fingerprint density at radius 1 is 1.20 bits per heavy atom. The zero-order valence-electron chi connectivity index (χ0n) is 9.71. The van der Waals surface area contributed by atoms with Crippen LogP contribution in [0.1, 0.15) is 25.0 Å². The molecule has 1 aliphatic heterocycles. The highest BCUT2D eigenvalue weighted by Crippen LogP contribution is 2.26. The second-order valence-corrected chi connectivity index (χ2v) is 4.47. The summed E-state index contributed by atoms with van der Waals surface area (Å²) in [6.07, 6.45) is 2.15. The van der Waals surface area contributed by atoms with Crippen molar-refractivity contribution in [3.8, 4) is 5.75 Å². The maximum Gasteiger partial charge on any atom is 0.122 e. The molecule has 0 aromatic heterocycles. The van der Waals surface area contributed by atoms with E-state index < -0.39 is 0 Å². The third-order valence-electron chi connectivity index (χ3n) is 3.06. The predicted molar refractivity (Wildman–Crippen MR) is 62.5 cm³/mol. The molecular weight excluding hydrogens is 186 g/mol. The molecule has 1 aliphatic rings. The average molecular weight is 205 g/mol. The van der Waals surface area contributed by atoms with Crippen LogP contribution in [0.2, 0.25) is 0 Å². The second kappa shape index (κ2) is 4.23. The fourth-order valence-electron chi connectivity index (χ4n) is 2.46. The lowest BCUT2D eigenvalue weighted by Gasteiger charge is -2.14. The van der Waals surface area contributed by atoms with Gasteiger partial charge in [0.1, 0.15) is 5.75 Å². The van der Waals surface area contributed by atoms with Crippen molar-refractivity contribution in [3.63, 3.8) is 0 Å². The maximum absolute atomic E-state index is 5.42. The van der Waals surface area contributed by atoms with Crippen molar-refractivity contribution in [2.75, 3.05) is 7.11 Å². The monoisotopic (exact) mass is 205 g/mol. The zero-order valence-corrected chi connectivity index (χ0v) is 9.71. The Morgan fingerprint density at radius 3 is 2.67 bits per heavy atom.